The predicted molar refractivity (Wildman–Crippen MR) is 148 cm³/mol. The summed E-state index contributed by atoms with van der Waals surface area (Å²) in [5, 5.41) is 3.22. The minimum absolute atomic E-state index is 0.00811. The van der Waals surface area contributed by atoms with Crippen LogP contribution in [-0.2, 0) is 16.3 Å². The van der Waals surface area contributed by atoms with Crippen LogP contribution in [0.4, 0.5) is 4.39 Å². The number of carbonyl (C=O) groups is 2. The van der Waals surface area contributed by atoms with E-state index >= 15 is 0 Å². The Morgan fingerprint density at radius 1 is 1.00 bits per heavy atom. The van der Waals surface area contributed by atoms with E-state index in [0.717, 1.165) is 43.1 Å². The summed E-state index contributed by atoms with van der Waals surface area (Å²) in [5.74, 6) is -0.627. The summed E-state index contributed by atoms with van der Waals surface area (Å²) >= 11 is 6.18. The topological polar surface area (TPSA) is 83.6 Å². The van der Waals surface area contributed by atoms with Crippen LogP contribution in [0.1, 0.15) is 57.5 Å². The molecule has 2 amide bonds. The predicted octanol–water partition coefficient (Wildman–Crippen LogP) is 5.29. The third kappa shape index (κ3) is 6.17. The van der Waals surface area contributed by atoms with Gasteiger partial charge in [-0.25, -0.2) is 12.8 Å². The molecule has 39 heavy (non-hydrogen) atoms. The Labute approximate surface area is 233 Å². The molecule has 1 N–H and O–H groups in total. The van der Waals surface area contributed by atoms with Crippen LogP contribution >= 0.6 is 11.6 Å². The molecule has 0 bridgehead atoms. The normalized spacial score (nSPS) is 17.1. The fourth-order valence-corrected chi connectivity index (χ4v) is 6.45. The van der Waals surface area contributed by atoms with Crippen molar-refractivity contribution in [2.45, 2.75) is 43.0 Å². The number of benzene rings is 3. The zero-order valence-electron chi connectivity index (χ0n) is 21.6. The van der Waals surface area contributed by atoms with Crippen LogP contribution in [0.5, 0.6) is 0 Å². The molecule has 1 heterocycles. The number of amides is 2. The molecule has 0 aromatic heterocycles. The number of rotatable bonds is 6. The molecular weight excluding hydrogens is 539 g/mol. The van der Waals surface area contributed by atoms with Gasteiger partial charge in [0.2, 0.25) is 0 Å². The summed E-state index contributed by atoms with van der Waals surface area (Å²) in [5.41, 5.74) is 2.77. The fourth-order valence-electron chi connectivity index (χ4n) is 5.60. The summed E-state index contributed by atoms with van der Waals surface area (Å²) in [6.07, 6.45) is 5.05. The highest BCUT2D eigenvalue weighted by molar-refractivity contribution is 7.90. The number of carbonyl (C=O) groups excluding carboxylic acids is 2. The van der Waals surface area contributed by atoms with Crippen LogP contribution in [0.15, 0.2) is 71.6 Å². The van der Waals surface area contributed by atoms with Crippen LogP contribution in [0.2, 0.25) is 5.02 Å². The first-order valence-corrected chi connectivity index (χ1v) is 15.2. The third-order valence-electron chi connectivity index (χ3n) is 7.83. The minimum Gasteiger partial charge on any atom is -0.349 e. The summed E-state index contributed by atoms with van der Waals surface area (Å²) in [7, 11) is -3.45. The standard InChI is InChI=1S/C30H30ClFN2O4S/c1-39(37,38)25-9-10-27(31)26(17-25)28(35)33-24-11-13-30(14-12-24)18-34(19-30)29(36)22-7-5-20(6-8-22)15-21-3-2-4-23(32)16-21/h2-10,16-17,24H,11-15,18-19H2,1H3,(H,33,35). The lowest BCUT2D eigenvalue weighted by Gasteiger charge is -2.53. The lowest BCUT2D eigenvalue weighted by atomic mass is 9.67. The maximum Gasteiger partial charge on any atom is 0.253 e. The van der Waals surface area contributed by atoms with Crippen molar-refractivity contribution >= 4 is 33.3 Å². The van der Waals surface area contributed by atoms with Gasteiger partial charge in [0, 0.05) is 36.4 Å². The van der Waals surface area contributed by atoms with Crippen molar-refractivity contribution in [3.63, 3.8) is 0 Å². The number of hydrogen-bond donors (Lipinski definition) is 1. The Balaban J connectivity index is 1.12. The second kappa shape index (κ2) is 10.7. The number of hydrogen-bond acceptors (Lipinski definition) is 4. The van der Waals surface area contributed by atoms with Gasteiger partial charge in [0.15, 0.2) is 9.84 Å². The highest BCUT2D eigenvalue weighted by atomic mass is 35.5. The third-order valence-corrected chi connectivity index (χ3v) is 9.27. The van der Waals surface area contributed by atoms with Gasteiger partial charge in [0.1, 0.15) is 5.82 Å². The molecule has 3 aromatic carbocycles. The van der Waals surface area contributed by atoms with E-state index in [0.29, 0.717) is 25.1 Å². The monoisotopic (exact) mass is 568 g/mol. The molecule has 1 aliphatic heterocycles. The number of nitrogens with one attached hydrogen (secondary N) is 1. The van der Waals surface area contributed by atoms with Crippen LogP contribution < -0.4 is 5.32 Å². The molecule has 3 aromatic rings. The Morgan fingerprint density at radius 2 is 1.69 bits per heavy atom. The lowest BCUT2D eigenvalue weighted by molar-refractivity contribution is -0.0198. The highest BCUT2D eigenvalue weighted by Crippen LogP contribution is 2.44. The van der Waals surface area contributed by atoms with Gasteiger partial charge in [-0.3, -0.25) is 9.59 Å². The van der Waals surface area contributed by atoms with E-state index in [2.05, 4.69) is 5.32 Å². The van der Waals surface area contributed by atoms with Crippen molar-refractivity contribution in [1.29, 1.82) is 0 Å². The molecule has 1 aliphatic carbocycles. The zero-order chi connectivity index (χ0) is 27.8. The van der Waals surface area contributed by atoms with Crippen molar-refractivity contribution in [3.05, 3.63) is 99.8 Å². The largest absolute Gasteiger partial charge is 0.349 e. The van der Waals surface area contributed by atoms with Crippen molar-refractivity contribution in [2.24, 2.45) is 5.41 Å². The average Bonchev–Trinajstić information content (AvgIpc) is 2.87. The van der Waals surface area contributed by atoms with Crippen molar-refractivity contribution < 1.29 is 22.4 Å². The first-order chi connectivity index (χ1) is 18.5. The molecule has 2 fully saturated rings. The molecule has 2 aliphatic rings. The Morgan fingerprint density at radius 3 is 2.33 bits per heavy atom. The minimum atomic E-state index is -3.45. The maximum atomic E-state index is 13.4. The van der Waals surface area contributed by atoms with Gasteiger partial charge in [-0.05, 0) is 85.7 Å². The molecule has 1 spiro atoms. The quantitative estimate of drug-likeness (QED) is 0.438. The second-order valence-corrected chi connectivity index (χ2v) is 13.2. The van der Waals surface area contributed by atoms with Crippen LogP contribution in [0.3, 0.4) is 0 Å². The highest BCUT2D eigenvalue weighted by Gasteiger charge is 2.47. The fraction of sp³-hybridized carbons (Fsp3) is 0.333. The molecule has 9 heteroatoms. The van der Waals surface area contributed by atoms with E-state index in [1.54, 1.807) is 6.07 Å². The zero-order valence-corrected chi connectivity index (χ0v) is 23.2. The molecule has 6 nitrogen and oxygen atoms in total. The number of nitrogens with zero attached hydrogens (tertiary/aromatic N) is 1. The van der Waals surface area contributed by atoms with Crippen LogP contribution in [-0.4, -0.2) is 50.5 Å². The van der Waals surface area contributed by atoms with Crippen LogP contribution in [0, 0.1) is 11.2 Å². The molecule has 0 atom stereocenters. The van der Waals surface area contributed by atoms with E-state index in [4.69, 9.17) is 11.6 Å². The van der Waals surface area contributed by atoms with Crippen LogP contribution in [0.25, 0.3) is 0 Å². The van der Waals surface area contributed by atoms with E-state index in [1.807, 2.05) is 35.2 Å². The molecule has 204 valence electrons. The SMILES string of the molecule is CS(=O)(=O)c1ccc(Cl)c(C(=O)NC2CCC3(CC2)CN(C(=O)c2ccc(Cc4cccc(F)c4)cc2)C3)c1. The van der Waals surface area contributed by atoms with Gasteiger partial charge in [-0.2, -0.15) is 0 Å². The van der Waals surface area contributed by atoms with Gasteiger partial charge >= 0.3 is 0 Å². The second-order valence-electron chi connectivity index (χ2n) is 10.8. The maximum absolute atomic E-state index is 13.4. The molecule has 0 unspecified atom stereocenters. The van der Waals surface area contributed by atoms with Crippen molar-refractivity contribution in [2.75, 3.05) is 19.3 Å². The van der Waals surface area contributed by atoms with E-state index in [-0.39, 0.29) is 44.6 Å². The number of sulfone groups is 1. The molecule has 0 radical (unpaired) electrons. The molecule has 1 saturated heterocycles. The van der Waals surface area contributed by atoms with E-state index < -0.39 is 9.84 Å². The Bertz CT molecular complexity index is 1510. The Hall–Kier alpha value is -3.23. The summed E-state index contributed by atoms with van der Waals surface area (Å²) in [6.45, 7) is 1.39. The van der Waals surface area contributed by atoms with Gasteiger partial charge in [0.25, 0.3) is 11.8 Å². The van der Waals surface area contributed by atoms with Gasteiger partial charge in [-0.15, -0.1) is 0 Å². The summed E-state index contributed by atoms with van der Waals surface area (Å²) in [4.78, 5) is 27.8. The summed E-state index contributed by atoms with van der Waals surface area (Å²) < 4.78 is 37.2. The Kier molecular flexibility index (Phi) is 7.53. The molecular formula is C30H30ClFN2O4S. The smallest absolute Gasteiger partial charge is 0.253 e. The van der Waals surface area contributed by atoms with Gasteiger partial charge in [0.05, 0.1) is 15.5 Å². The van der Waals surface area contributed by atoms with Gasteiger partial charge < -0.3 is 10.2 Å². The van der Waals surface area contributed by atoms with Crippen molar-refractivity contribution in [3.8, 4) is 0 Å². The lowest BCUT2D eigenvalue weighted by Crippen LogP contribution is -2.60. The van der Waals surface area contributed by atoms with Crippen molar-refractivity contribution in [1.82, 2.24) is 10.2 Å². The summed E-state index contributed by atoms with van der Waals surface area (Å²) in [6, 6.07) is 18.1. The first kappa shape index (κ1) is 27.3. The van der Waals surface area contributed by atoms with E-state index in [1.165, 1.54) is 30.3 Å². The van der Waals surface area contributed by atoms with Gasteiger partial charge in [-0.1, -0.05) is 35.9 Å². The first-order valence-electron chi connectivity index (χ1n) is 12.9. The average molecular weight is 569 g/mol. The number of likely N-dealkylation sites (tertiary alicyclic amines) is 1. The number of halogens is 2. The van der Waals surface area contributed by atoms with E-state index in [9.17, 15) is 22.4 Å². The molecule has 1 saturated carbocycles. The molecule has 5 rings (SSSR count).